The van der Waals surface area contributed by atoms with Crippen LogP contribution in [0.1, 0.15) is 56.6 Å². The van der Waals surface area contributed by atoms with Gasteiger partial charge in [-0.2, -0.15) is 0 Å². The first-order chi connectivity index (χ1) is 11.7. The van der Waals surface area contributed by atoms with E-state index in [1.165, 1.54) is 19.3 Å². The quantitative estimate of drug-likeness (QED) is 0.832. The lowest BCUT2D eigenvalue weighted by Crippen LogP contribution is -2.36. The summed E-state index contributed by atoms with van der Waals surface area (Å²) in [6, 6.07) is 6.08. The Bertz CT molecular complexity index is 612. The van der Waals surface area contributed by atoms with Crippen molar-refractivity contribution in [3.8, 4) is 0 Å². The van der Waals surface area contributed by atoms with Crippen LogP contribution in [0, 0.1) is 0 Å². The molecule has 0 unspecified atom stereocenters. The molecular weight excluding hydrogens is 302 g/mol. The molecule has 0 bridgehead atoms. The van der Waals surface area contributed by atoms with Crippen LogP contribution in [-0.4, -0.2) is 48.3 Å². The van der Waals surface area contributed by atoms with Gasteiger partial charge in [0.2, 0.25) is 0 Å². The predicted octanol–water partition coefficient (Wildman–Crippen LogP) is 3.55. The van der Waals surface area contributed by atoms with Gasteiger partial charge in [-0.15, -0.1) is 0 Å². The first kappa shape index (κ1) is 15.9. The van der Waals surface area contributed by atoms with Gasteiger partial charge < -0.3 is 9.64 Å². The number of carbonyl (C=O) groups is 1. The maximum Gasteiger partial charge on any atom is 0.416 e. The molecule has 1 aromatic rings. The summed E-state index contributed by atoms with van der Waals surface area (Å²) in [6.07, 6.45) is 7.71. The van der Waals surface area contributed by atoms with Crippen molar-refractivity contribution in [3.05, 3.63) is 23.9 Å². The van der Waals surface area contributed by atoms with Crippen LogP contribution in [0.3, 0.4) is 0 Å². The third-order valence-electron chi connectivity index (χ3n) is 5.81. The molecule has 1 saturated carbocycles. The van der Waals surface area contributed by atoms with E-state index in [1.54, 1.807) is 4.90 Å². The summed E-state index contributed by atoms with van der Waals surface area (Å²) in [5, 5.41) is 0. The van der Waals surface area contributed by atoms with Crippen molar-refractivity contribution in [1.82, 2.24) is 9.88 Å². The number of hydrogen-bond acceptors (Lipinski definition) is 4. The van der Waals surface area contributed by atoms with E-state index in [0.717, 1.165) is 50.3 Å². The minimum atomic E-state index is -0.266. The van der Waals surface area contributed by atoms with Gasteiger partial charge in [-0.05, 0) is 64.3 Å². The minimum Gasteiger partial charge on any atom is -0.441 e. The molecule has 130 valence electrons. The zero-order valence-corrected chi connectivity index (χ0v) is 14.5. The van der Waals surface area contributed by atoms with Crippen molar-refractivity contribution in [2.75, 3.05) is 31.6 Å². The van der Waals surface area contributed by atoms with Crippen LogP contribution < -0.4 is 4.90 Å². The molecule has 5 nitrogen and oxygen atoms in total. The standard InChI is InChI=1S/C19H27N3O2/c1-21-12-6-7-15(13-21)16-8-5-9-17(20-16)22-14-19(24-18(22)23)10-3-2-4-11-19/h5,8-9,15H,2-4,6-7,10-14H2,1H3/t15-/m0/s1. The Morgan fingerprint density at radius 3 is 2.83 bits per heavy atom. The van der Waals surface area contributed by atoms with E-state index in [0.29, 0.717) is 12.5 Å². The molecule has 4 rings (SSSR count). The van der Waals surface area contributed by atoms with Crippen LogP contribution >= 0.6 is 0 Å². The molecule has 3 fully saturated rings. The van der Waals surface area contributed by atoms with E-state index >= 15 is 0 Å². The fourth-order valence-corrected chi connectivity index (χ4v) is 4.48. The van der Waals surface area contributed by atoms with Gasteiger partial charge in [0.1, 0.15) is 11.4 Å². The highest BCUT2D eigenvalue weighted by Gasteiger charge is 2.46. The molecule has 2 saturated heterocycles. The first-order valence-corrected chi connectivity index (χ1v) is 9.31. The van der Waals surface area contributed by atoms with Crippen molar-refractivity contribution in [2.24, 2.45) is 0 Å². The van der Waals surface area contributed by atoms with Crippen LogP contribution in [0.15, 0.2) is 18.2 Å². The fourth-order valence-electron chi connectivity index (χ4n) is 4.48. The van der Waals surface area contributed by atoms with Gasteiger partial charge in [-0.3, -0.25) is 4.90 Å². The Hall–Kier alpha value is -1.62. The highest BCUT2D eigenvalue weighted by atomic mass is 16.6. The Labute approximate surface area is 144 Å². The molecule has 1 spiro atoms. The monoisotopic (exact) mass is 329 g/mol. The summed E-state index contributed by atoms with van der Waals surface area (Å²) >= 11 is 0. The lowest BCUT2D eigenvalue weighted by atomic mass is 9.85. The van der Waals surface area contributed by atoms with E-state index in [-0.39, 0.29) is 11.7 Å². The van der Waals surface area contributed by atoms with Crippen LogP contribution in [0.5, 0.6) is 0 Å². The molecule has 0 N–H and O–H groups in total. The first-order valence-electron chi connectivity index (χ1n) is 9.31. The maximum atomic E-state index is 12.4. The molecule has 1 aromatic heterocycles. The molecule has 1 amide bonds. The number of ether oxygens (including phenoxy) is 1. The summed E-state index contributed by atoms with van der Waals surface area (Å²) in [7, 11) is 2.17. The van der Waals surface area contributed by atoms with E-state index < -0.39 is 0 Å². The summed E-state index contributed by atoms with van der Waals surface area (Å²) in [5.41, 5.74) is 0.842. The van der Waals surface area contributed by atoms with Crippen molar-refractivity contribution < 1.29 is 9.53 Å². The number of aromatic nitrogens is 1. The second kappa shape index (κ2) is 6.36. The SMILES string of the molecule is CN1CCC[C@H](c2cccc(N3CC4(CCCCC4)OC3=O)n2)C1. The third-order valence-corrected chi connectivity index (χ3v) is 5.81. The van der Waals surface area contributed by atoms with Crippen LogP contribution in [0.25, 0.3) is 0 Å². The maximum absolute atomic E-state index is 12.4. The Morgan fingerprint density at radius 2 is 2.04 bits per heavy atom. The van der Waals surface area contributed by atoms with E-state index in [2.05, 4.69) is 18.0 Å². The lowest BCUT2D eigenvalue weighted by Gasteiger charge is -2.31. The van der Waals surface area contributed by atoms with Crippen molar-refractivity contribution in [3.63, 3.8) is 0 Å². The summed E-state index contributed by atoms with van der Waals surface area (Å²) in [6.45, 7) is 2.87. The van der Waals surface area contributed by atoms with Gasteiger partial charge in [-0.25, -0.2) is 9.78 Å². The highest BCUT2D eigenvalue weighted by Crippen LogP contribution is 2.38. The number of likely N-dealkylation sites (N-methyl/N-ethyl adjacent to an activating group) is 1. The van der Waals surface area contributed by atoms with E-state index in [1.807, 2.05) is 12.1 Å². The lowest BCUT2D eigenvalue weighted by molar-refractivity contribution is 0.0260. The molecule has 0 aromatic carbocycles. The molecule has 3 heterocycles. The number of anilines is 1. The zero-order chi connectivity index (χ0) is 16.6. The van der Waals surface area contributed by atoms with Crippen molar-refractivity contribution >= 4 is 11.9 Å². The van der Waals surface area contributed by atoms with Gasteiger partial charge in [0, 0.05) is 18.2 Å². The van der Waals surface area contributed by atoms with E-state index in [9.17, 15) is 4.79 Å². The molecule has 2 aliphatic heterocycles. The van der Waals surface area contributed by atoms with Gasteiger partial charge >= 0.3 is 6.09 Å². The van der Waals surface area contributed by atoms with Gasteiger partial charge in [-0.1, -0.05) is 12.5 Å². The topological polar surface area (TPSA) is 45.7 Å². The number of rotatable bonds is 2. The Morgan fingerprint density at radius 1 is 1.21 bits per heavy atom. The molecule has 24 heavy (non-hydrogen) atoms. The molecule has 5 heteroatoms. The second-order valence-electron chi connectivity index (χ2n) is 7.72. The van der Waals surface area contributed by atoms with Gasteiger partial charge in [0.15, 0.2) is 0 Å². The number of carbonyl (C=O) groups excluding carboxylic acids is 1. The average Bonchev–Trinajstić information content (AvgIpc) is 2.91. The largest absolute Gasteiger partial charge is 0.441 e. The highest BCUT2D eigenvalue weighted by molar-refractivity contribution is 5.89. The molecule has 3 aliphatic rings. The number of likely N-dealkylation sites (tertiary alicyclic amines) is 1. The minimum absolute atomic E-state index is 0.220. The van der Waals surface area contributed by atoms with Gasteiger partial charge in [0.25, 0.3) is 0 Å². The molecule has 1 aliphatic carbocycles. The fraction of sp³-hybridized carbons (Fsp3) is 0.684. The average molecular weight is 329 g/mol. The molecule has 0 radical (unpaired) electrons. The molecular formula is C19H27N3O2. The number of pyridine rings is 1. The number of amides is 1. The zero-order valence-electron chi connectivity index (χ0n) is 14.5. The van der Waals surface area contributed by atoms with Crippen molar-refractivity contribution in [2.45, 2.75) is 56.5 Å². The number of piperidine rings is 1. The van der Waals surface area contributed by atoms with Crippen LogP contribution in [-0.2, 0) is 4.74 Å². The van der Waals surface area contributed by atoms with Gasteiger partial charge in [0.05, 0.1) is 6.54 Å². The summed E-state index contributed by atoms with van der Waals surface area (Å²) in [5.74, 6) is 1.22. The normalized spacial score (nSPS) is 27.5. The Balaban J connectivity index is 1.54. The van der Waals surface area contributed by atoms with Crippen LogP contribution in [0.2, 0.25) is 0 Å². The molecule has 1 atom stereocenters. The second-order valence-corrected chi connectivity index (χ2v) is 7.72. The summed E-state index contributed by atoms with van der Waals surface area (Å²) in [4.78, 5) is 21.4. The smallest absolute Gasteiger partial charge is 0.416 e. The van der Waals surface area contributed by atoms with Crippen LogP contribution in [0.4, 0.5) is 10.6 Å². The number of nitrogens with zero attached hydrogens (tertiary/aromatic N) is 3. The van der Waals surface area contributed by atoms with E-state index in [4.69, 9.17) is 9.72 Å². The summed E-state index contributed by atoms with van der Waals surface area (Å²) < 4.78 is 5.80. The third kappa shape index (κ3) is 3.02. The van der Waals surface area contributed by atoms with Crippen molar-refractivity contribution in [1.29, 1.82) is 0 Å². The Kier molecular flexibility index (Phi) is 4.21. The number of hydrogen-bond donors (Lipinski definition) is 0. The predicted molar refractivity (Wildman–Crippen MR) is 93.4 cm³/mol.